The molecule has 0 aromatic heterocycles. The minimum absolute atomic E-state index is 0.556. The molecule has 0 unspecified atom stereocenters. The van der Waals surface area contributed by atoms with Crippen LogP contribution >= 0.6 is 18.6 Å². The minimum atomic E-state index is -1.22. The Morgan fingerprint density at radius 1 is 0.545 bits per heavy atom. The molecule has 0 bridgehead atoms. The zero-order valence-electron chi connectivity index (χ0n) is 30.7. The van der Waals surface area contributed by atoms with Gasteiger partial charge in [0.1, 0.15) is 0 Å². The number of hydrogen-bond donors (Lipinski definition) is 0. The zero-order chi connectivity index (χ0) is 34.2. The molecule has 4 aromatic rings. The second-order valence-electron chi connectivity index (χ2n) is 15.4. The first-order chi connectivity index (χ1) is 20.2. The topological polar surface area (TPSA) is 0 Å². The molecule has 0 aliphatic heterocycles. The van der Waals surface area contributed by atoms with Gasteiger partial charge >= 0.3 is 35.6 Å². The van der Waals surface area contributed by atoms with E-state index in [9.17, 15) is 0 Å². The van der Waals surface area contributed by atoms with E-state index < -0.39 is 33.2 Å². The summed E-state index contributed by atoms with van der Waals surface area (Å²) in [5.41, 5.74) is 5.99. The Morgan fingerprint density at radius 3 is 1.02 bits per heavy atom. The van der Waals surface area contributed by atoms with Crippen LogP contribution in [0.4, 0.5) is 0 Å². The zero-order valence-corrected chi connectivity index (χ0v) is 36.8. The Balaban J connectivity index is 0.000000373. The summed E-state index contributed by atoms with van der Waals surface area (Å²) in [6.45, 7) is 37.3. The van der Waals surface area contributed by atoms with Crippen LogP contribution in [0.2, 0.25) is 52.4 Å². The third kappa shape index (κ3) is 12.0. The summed E-state index contributed by atoms with van der Waals surface area (Å²) in [6.07, 6.45) is 0. The normalized spacial score (nSPS) is 11.9. The quantitative estimate of drug-likeness (QED) is 0.137. The van der Waals surface area contributed by atoms with Crippen molar-refractivity contribution < 1.29 is 17.0 Å². The van der Waals surface area contributed by atoms with Gasteiger partial charge in [-0.3, -0.25) is 0 Å². The fourth-order valence-corrected chi connectivity index (χ4v) is 7.57. The number of fused-ring (bicyclic) bond motifs is 2. The maximum atomic E-state index is 4.89. The summed E-state index contributed by atoms with van der Waals surface area (Å²) in [5.74, 6) is 2.40. The third-order valence-electron chi connectivity index (χ3n) is 8.06. The molecule has 4 rings (SSSR count). The molecule has 2 radical (unpaired) electrons. The van der Waals surface area contributed by atoms with Crippen molar-refractivity contribution in [2.24, 2.45) is 0 Å². The van der Waals surface area contributed by atoms with E-state index in [4.69, 9.17) is 18.6 Å². The number of halogens is 2. The van der Waals surface area contributed by atoms with E-state index in [0.29, 0.717) is 23.7 Å². The fourth-order valence-electron chi connectivity index (χ4n) is 5.24. The van der Waals surface area contributed by atoms with Crippen molar-refractivity contribution in [2.45, 2.75) is 131 Å². The molecule has 0 amide bonds. The molecule has 0 saturated carbocycles. The molecule has 244 valence electrons. The Morgan fingerprint density at radius 2 is 0.818 bits per heavy atom. The summed E-state index contributed by atoms with van der Waals surface area (Å²) in [4.78, 5) is 0. The van der Waals surface area contributed by atoms with Gasteiger partial charge in [-0.1, -0.05) is 142 Å². The van der Waals surface area contributed by atoms with Crippen molar-refractivity contribution in [1.29, 1.82) is 0 Å². The second kappa shape index (κ2) is 18.2. The Kier molecular flexibility index (Phi) is 17.2. The first-order valence-corrected chi connectivity index (χ1v) is 29.6. The molecule has 0 saturated heterocycles. The average Bonchev–Trinajstić information content (AvgIpc) is 3.53. The van der Waals surface area contributed by atoms with E-state index in [-0.39, 0.29) is 0 Å². The molecular weight excluding hydrogens is 659 g/mol. The van der Waals surface area contributed by atoms with Crippen molar-refractivity contribution >= 4 is 76.2 Å². The van der Waals surface area contributed by atoms with Crippen LogP contribution in [0.3, 0.4) is 0 Å². The van der Waals surface area contributed by atoms with Crippen molar-refractivity contribution in [1.82, 2.24) is 0 Å². The number of benzene rings is 2. The average molecular weight is 720 g/mol. The molecule has 0 fully saturated rings. The molecule has 4 aromatic carbocycles. The molecule has 0 atom stereocenters. The van der Waals surface area contributed by atoms with Gasteiger partial charge in [-0.05, 0) is 23.7 Å². The monoisotopic (exact) mass is 718 g/mol. The van der Waals surface area contributed by atoms with Crippen LogP contribution in [-0.2, 0) is 17.0 Å². The van der Waals surface area contributed by atoms with E-state index in [1.165, 1.54) is 43.8 Å². The van der Waals surface area contributed by atoms with Crippen LogP contribution in [0, 0.1) is 0 Å². The summed E-state index contributed by atoms with van der Waals surface area (Å²) in [6, 6.07) is 19.4. The van der Waals surface area contributed by atoms with Gasteiger partial charge in [-0.2, -0.15) is 12.1 Å². The van der Waals surface area contributed by atoms with Crippen molar-refractivity contribution in [3.8, 4) is 0 Å². The van der Waals surface area contributed by atoms with Crippen LogP contribution in [0.25, 0.3) is 21.5 Å². The molecule has 0 aliphatic rings. The SMILES string of the molecule is CC(C)c1cc(C(C)C)c2cc([Si](C)(C)C)[cH-]c2c1.CC(C)c1cc(C(C)C)c2cc([Si](C)(C)C)[cH-]c2c1.C[Si]C.[Cl][Ti][Cl]. The standard InChI is InChI=1S/2C18H27Si.C2H6Si.2ClH.Ti/c2*1-12(2)14-8-15-9-16(19(5,6)7)11-18(15)17(10-14)13(3)4;1-3-2;;;/h2*8-13H,1-7H3;1-2H3;2*1H;/q2*-1;;;;+2/p-2. The van der Waals surface area contributed by atoms with Gasteiger partial charge in [0.25, 0.3) is 0 Å². The van der Waals surface area contributed by atoms with Crippen LogP contribution in [0.15, 0.2) is 48.5 Å². The van der Waals surface area contributed by atoms with Crippen LogP contribution in [0.1, 0.15) is 101 Å². The van der Waals surface area contributed by atoms with E-state index >= 15 is 0 Å². The molecule has 44 heavy (non-hydrogen) atoms. The van der Waals surface area contributed by atoms with E-state index in [1.807, 2.05) is 0 Å². The first kappa shape index (κ1) is 41.6. The van der Waals surface area contributed by atoms with Gasteiger partial charge in [0.05, 0.1) is 16.1 Å². The molecule has 0 spiro atoms. The summed E-state index contributed by atoms with van der Waals surface area (Å²) >= 11 is -0.556. The summed E-state index contributed by atoms with van der Waals surface area (Å²) in [7, 11) is 8.42. The maximum absolute atomic E-state index is 4.89. The fraction of sp³-hybridized carbons (Fsp3) is 0.526. The molecule has 0 N–H and O–H groups in total. The van der Waals surface area contributed by atoms with Crippen molar-refractivity contribution in [3.05, 3.63) is 70.8 Å². The van der Waals surface area contributed by atoms with Gasteiger partial charge in [-0.15, -0.1) is 56.2 Å². The van der Waals surface area contributed by atoms with Crippen LogP contribution < -0.4 is 10.4 Å². The van der Waals surface area contributed by atoms with Crippen LogP contribution in [-0.4, -0.2) is 25.7 Å². The van der Waals surface area contributed by atoms with E-state index in [1.54, 1.807) is 10.4 Å². The van der Waals surface area contributed by atoms with E-state index in [2.05, 4.69) is 156 Å². The van der Waals surface area contributed by atoms with Crippen molar-refractivity contribution in [3.63, 3.8) is 0 Å². The molecule has 0 heterocycles. The van der Waals surface area contributed by atoms with Gasteiger partial charge < -0.3 is 0 Å². The second-order valence-corrected chi connectivity index (χ2v) is 29.1. The van der Waals surface area contributed by atoms with Crippen molar-refractivity contribution in [2.75, 3.05) is 0 Å². The first-order valence-electron chi connectivity index (χ1n) is 16.3. The molecule has 0 nitrogen and oxygen atoms in total. The Hall–Kier alpha value is -0.395. The summed E-state index contributed by atoms with van der Waals surface area (Å²) in [5, 5.41) is 9.05. The van der Waals surface area contributed by atoms with E-state index in [0.717, 1.165) is 9.52 Å². The Labute approximate surface area is 293 Å². The van der Waals surface area contributed by atoms with Crippen LogP contribution in [0.5, 0.6) is 0 Å². The predicted molar refractivity (Wildman–Crippen MR) is 211 cm³/mol. The molecule has 6 heteroatoms. The molecular formula is C38H60Cl2Si3Ti-2. The predicted octanol–water partition coefficient (Wildman–Crippen LogP) is 12.9. The van der Waals surface area contributed by atoms with Gasteiger partial charge in [-0.25, -0.2) is 0 Å². The number of rotatable bonds is 6. The van der Waals surface area contributed by atoms with Gasteiger partial charge in [0.15, 0.2) is 0 Å². The summed E-state index contributed by atoms with van der Waals surface area (Å²) < 4.78 is 0. The Bertz CT molecular complexity index is 1320. The van der Waals surface area contributed by atoms with Gasteiger partial charge in [0, 0.05) is 9.52 Å². The van der Waals surface area contributed by atoms with Gasteiger partial charge in [0.2, 0.25) is 0 Å². The third-order valence-corrected chi connectivity index (χ3v) is 12.1. The number of hydrogen-bond acceptors (Lipinski definition) is 0. The molecule has 0 aliphatic carbocycles.